The molecule has 4 aromatic rings. The SMILES string of the molecule is COC(=O)Cc1ccccc1-c1nc2cc(-c3ccccc3)cc(Br)c2o1. The van der Waals surface area contributed by atoms with Gasteiger partial charge >= 0.3 is 5.97 Å². The molecule has 0 bridgehead atoms. The minimum absolute atomic E-state index is 0.168. The fraction of sp³-hybridized carbons (Fsp3) is 0.0909. The zero-order chi connectivity index (χ0) is 18.8. The maximum atomic E-state index is 11.7. The minimum atomic E-state index is -0.300. The average molecular weight is 422 g/mol. The Bertz CT molecular complexity index is 1120. The van der Waals surface area contributed by atoms with Crippen molar-refractivity contribution in [1.29, 1.82) is 0 Å². The van der Waals surface area contributed by atoms with E-state index >= 15 is 0 Å². The molecule has 1 aromatic heterocycles. The summed E-state index contributed by atoms with van der Waals surface area (Å²) in [6, 6.07) is 21.7. The third-order valence-electron chi connectivity index (χ3n) is 4.36. The number of oxazole rings is 1. The molecule has 3 aromatic carbocycles. The highest BCUT2D eigenvalue weighted by Crippen LogP contribution is 2.34. The molecule has 0 N–H and O–H groups in total. The van der Waals surface area contributed by atoms with E-state index in [2.05, 4.69) is 33.0 Å². The van der Waals surface area contributed by atoms with Gasteiger partial charge in [0.25, 0.3) is 0 Å². The molecule has 0 saturated heterocycles. The summed E-state index contributed by atoms with van der Waals surface area (Å²) in [7, 11) is 1.38. The first-order valence-electron chi connectivity index (χ1n) is 8.46. The van der Waals surface area contributed by atoms with Crippen molar-refractivity contribution in [3.8, 4) is 22.6 Å². The molecule has 0 unspecified atom stereocenters. The summed E-state index contributed by atoms with van der Waals surface area (Å²) in [6.07, 6.45) is 0.168. The Labute approximate surface area is 164 Å². The van der Waals surface area contributed by atoms with Gasteiger partial charge < -0.3 is 9.15 Å². The third kappa shape index (κ3) is 3.51. The summed E-state index contributed by atoms with van der Waals surface area (Å²) in [5.74, 6) is 0.182. The molecule has 4 rings (SSSR count). The van der Waals surface area contributed by atoms with Crippen LogP contribution in [0.1, 0.15) is 5.56 Å². The average Bonchev–Trinajstić information content (AvgIpc) is 3.13. The van der Waals surface area contributed by atoms with Crippen LogP contribution in [0, 0.1) is 0 Å². The van der Waals surface area contributed by atoms with E-state index in [1.807, 2.05) is 54.6 Å². The number of methoxy groups -OCH3 is 1. The number of carbonyl (C=O) groups excluding carboxylic acids is 1. The van der Waals surface area contributed by atoms with E-state index in [0.29, 0.717) is 11.5 Å². The van der Waals surface area contributed by atoms with E-state index in [1.165, 1.54) is 7.11 Å². The van der Waals surface area contributed by atoms with Gasteiger partial charge in [0.1, 0.15) is 5.52 Å². The molecule has 0 aliphatic rings. The van der Waals surface area contributed by atoms with Crippen LogP contribution in [-0.2, 0) is 16.0 Å². The van der Waals surface area contributed by atoms with Gasteiger partial charge in [-0.2, -0.15) is 0 Å². The van der Waals surface area contributed by atoms with Gasteiger partial charge in [0.2, 0.25) is 5.89 Å². The molecule has 134 valence electrons. The van der Waals surface area contributed by atoms with Crippen LogP contribution in [0.3, 0.4) is 0 Å². The number of hydrogen-bond donors (Lipinski definition) is 0. The Morgan fingerprint density at radius 2 is 1.78 bits per heavy atom. The smallest absolute Gasteiger partial charge is 0.310 e. The second-order valence-electron chi connectivity index (χ2n) is 6.10. The molecular weight excluding hydrogens is 406 g/mol. The van der Waals surface area contributed by atoms with Crippen molar-refractivity contribution in [2.24, 2.45) is 0 Å². The molecule has 0 spiro atoms. The summed E-state index contributed by atoms with van der Waals surface area (Å²) >= 11 is 3.59. The van der Waals surface area contributed by atoms with Gasteiger partial charge in [-0.15, -0.1) is 0 Å². The zero-order valence-corrected chi connectivity index (χ0v) is 16.2. The van der Waals surface area contributed by atoms with Crippen molar-refractivity contribution in [3.63, 3.8) is 0 Å². The molecule has 0 saturated carbocycles. The summed E-state index contributed by atoms with van der Waals surface area (Å²) in [5.41, 5.74) is 5.19. The summed E-state index contributed by atoms with van der Waals surface area (Å²) in [6.45, 7) is 0. The van der Waals surface area contributed by atoms with Gasteiger partial charge in [0.15, 0.2) is 5.58 Å². The predicted molar refractivity (Wildman–Crippen MR) is 108 cm³/mol. The highest BCUT2D eigenvalue weighted by molar-refractivity contribution is 9.10. The second kappa shape index (κ2) is 7.37. The molecule has 0 aliphatic carbocycles. The topological polar surface area (TPSA) is 52.3 Å². The van der Waals surface area contributed by atoms with E-state index in [4.69, 9.17) is 9.15 Å². The molecule has 0 atom stereocenters. The number of hydrogen-bond acceptors (Lipinski definition) is 4. The van der Waals surface area contributed by atoms with Crippen LogP contribution in [0.15, 0.2) is 75.6 Å². The fourth-order valence-corrected chi connectivity index (χ4v) is 3.55. The van der Waals surface area contributed by atoms with E-state index in [9.17, 15) is 4.79 Å². The number of aromatic nitrogens is 1. The summed E-state index contributed by atoms with van der Waals surface area (Å²) in [5, 5.41) is 0. The fourth-order valence-electron chi connectivity index (χ4n) is 3.02. The first-order chi connectivity index (χ1) is 13.2. The molecular formula is C22H16BrNO3. The van der Waals surface area contributed by atoms with Crippen molar-refractivity contribution in [3.05, 3.63) is 76.8 Å². The number of rotatable bonds is 4. The van der Waals surface area contributed by atoms with Gasteiger partial charge in [-0.25, -0.2) is 4.98 Å². The van der Waals surface area contributed by atoms with Crippen molar-refractivity contribution in [2.75, 3.05) is 7.11 Å². The molecule has 4 nitrogen and oxygen atoms in total. The van der Waals surface area contributed by atoms with Crippen molar-refractivity contribution < 1.29 is 13.9 Å². The maximum absolute atomic E-state index is 11.7. The monoisotopic (exact) mass is 421 g/mol. The zero-order valence-electron chi connectivity index (χ0n) is 14.6. The van der Waals surface area contributed by atoms with Gasteiger partial charge in [0.05, 0.1) is 18.0 Å². The highest BCUT2D eigenvalue weighted by Gasteiger charge is 2.16. The number of fused-ring (bicyclic) bond motifs is 1. The number of benzene rings is 3. The maximum Gasteiger partial charge on any atom is 0.310 e. The van der Waals surface area contributed by atoms with Gasteiger partial charge in [-0.3, -0.25) is 4.79 Å². The number of carbonyl (C=O) groups is 1. The van der Waals surface area contributed by atoms with Crippen LogP contribution >= 0.6 is 15.9 Å². The molecule has 0 radical (unpaired) electrons. The van der Waals surface area contributed by atoms with Crippen LogP contribution in [-0.4, -0.2) is 18.1 Å². The van der Waals surface area contributed by atoms with Crippen LogP contribution in [0.4, 0.5) is 0 Å². The third-order valence-corrected chi connectivity index (χ3v) is 4.95. The normalized spacial score (nSPS) is 10.9. The largest absolute Gasteiger partial charge is 0.469 e. The van der Waals surface area contributed by atoms with Crippen molar-refractivity contribution >= 4 is 33.0 Å². The van der Waals surface area contributed by atoms with E-state index in [-0.39, 0.29) is 12.4 Å². The Morgan fingerprint density at radius 1 is 1.04 bits per heavy atom. The lowest BCUT2D eigenvalue weighted by atomic mass is 10.0. The Kier molecular flexibility index (Phi) is 4.77. The Morgan fingerprint density at radius 3 is 2.56 bits per heavy atom. The first-order valence-corrected chi connectivity index (χ1v) is 9.25. The lowest BCUT2D eigenvalue weighted by Gasteiger charge is -2.04. The van der Waals surface area contributed by atoms with Crippen LogP contribution in [0.25, 0.3) is 33.7 Å². The predicted octanol–water partition coefficient (Wildman–Crippen LogP) is 5.64. The van der Waals surface area contributed by atoms with E-state index in [0.717, 1.165) is 32.2 Å². The standard InChI is InChI=1S/C22H16BrNO3/c1-26-20(25)13-15-9-5-6-10-17(15)22-24-19-12-16(11-18(23)21(19)27-22)14-7-3-2-4-8-14/h2-12H,13H2,1H3. The van der Waals surface area contributed by atoms with Gasteiger partial charge in [0, 0.05) is 5.56 Å². The molecule has 0 aliphatic heterocycles. The number of halogens is 1. The Hall–Kier alpha value is -2.92. The number of esters is 1. The quantitative estimate of drug-likeness (QED) is 0.400. The van der Waals surface area contributed by atoms with Crippen LogP contribution < -0.4 is 0 Å². The lowest BCUT2D eigenvalue weighted by molar-refractivity contribution is -0.139. The van der Waals surface area contributed by atoms with Crippen LogP contribution in [0.2, 0.25) is 0 Å². The highest BCUT2D eigenvalue weighted by atomic mass is 79.9. The summed E-state index contributed by atoms with van der Waals surface area (Å²) in [4.78, 5) is 16.4. The van der Waals surface area contributed by atoms with E-state index < -0.39 is 0 Å². The molecule has 5 heteroatoms. The van der Waals surface area contributed by atoms with Crippen LogP contribution in [0.5, 0.6) is 0 Å². The lowest BCUT2D eigenvalue weighted by Crippen LogP contribution is -2.05. The molecule has 1 heterocycles. The van der Waals surface area contributed by atoms with Crippen molar-refractivity contribution in [1.82, 2.24) is 4.98 Å². The van der Waals surface area contributed by atoms with Gasteiger partial charge in [-0.05, 0) is 50.8 Å². The second-order valence-corrected chi connectivity index (χ2v) is 6.96. The minimum Gasteiger partial charge on any atom is -0.469 e. The van der Waals surface area contributed by atoms with E-state index in [1.54, 1.807) is 0 Å². The van der Waals surface area contributed by atoms with Gasteiger partial charge in [-0.1, -0.05) is 48.5 Å². The molecule has 0 amide bonds. The Balaban J connectivity index is 1.81. The number of ether oxygens (including phenoxy) is 1. The molecule has 27 heavy (non-hydrogen) atoms. The van der Waals surface area contributed by atoms with Crippen molar-refractivity contribution in [2.45, 2.75) is 6.42 Å². The molecule has 0 fully saturated rings. The first kappa shape index (κ1) is 17.5. The summed E-state index contributed by atoms with van der Waals surface area (Å²) < 4.78 is 11.6. The number of nitrogens with zero attached hydrogens (tertiary/aromatic N) is 1.